The molecule has 0 amide bonds. The molecule has 0 aliphatic heterocycles. The lowest BCUT2D eigenvalue weighted by molar-refractivity contribution is 0.349. The maximum atomic E-state index is 6.33. The van der Waals surface area contributed by atoms with Crippen LogP contribution in [-0.2, 0) is 6.54 Å². The second-order valence-corrected chi connectivity index (χ2v) is 6.80. The Labute approximate surface area is 115 Å². The lowest BCUT2D eigenvalue weighted by Gasteiger charge is -2.27. The van der Waals surface area contributed by atoms with Gasteiger partial charge in [-0.1, -0.05) is 12.8 Å². The topological polar surface area (TPSA) is 12.0 Å². The monoisotopic (exact) mass is 321 g/mol. The molecule has 90 valence electrons. The first-order chi connectivity index (χ1) is 7.77. The number of nitrogens with one attached hydrogen (secondary N) is 1. The first-order valence-corrected chi connectivity index (χ1v) is 7.95. The minimum Gasteiger partial charge on any atom is -0.311 e. The van der Waals surface area contributed by atoms with E-state index in [1.165, 1.54) is 35.0 Å². The van der Waals surface area contributed by atoms with Gasteiger partial charge in [-0.15, -0.1) is 22.9 Å². The van der Waals surface area contributed by atoms with Crippen LogP contribution >= 0.6 is 38.9 Å². The van der Waals surface area contributed by atoms with Gasteiger partial charge in [0.2, 0.25) is 0 Å². The summed E-state index contributed by atoms with van der Waals surface area (Å²) in [6.45, 7) is 2.01. The zero-order valence-corrected chi connectivity index (χ0v) is 12.4. The fourth-order valence-electron chi connectivity index (χ4n) is 2.21. The molecule has 1 aliphatic rings. The van der Waals surface area contributed by atoms with Crippen molar-refractivity contribution in [3.05, 3.63) is 20.8 Å². The van der Waals surface area contributed by atoms with Crippen LogP contribution < -0.4 is 5.32 Å². The van der Waals surface area contributed by atoms with E-state index in [4.69, 9.17) is 11.6 Å². The van der Waals surface area contributed by atoms with Crippen molar-refractivity contribution in [3.8, 4) is 0 Å². The fourth-order valence-corrected chi connectivity index (χ4v) is 4.05. The highest BCUT2D eigenvalue weighted by Crippen LogP contribution is 2.28. The van der Waals surface area contributed by atoms with E-state index in [1.807, 2.05) is 0 Å². The molecule has 1 aliphatic carbocycles. The van der Waals surface area contributed by atoms with Gasteiger partial charge in [0.1, 0.15) is 0 Å². The number of hydrogen-bond acceptors (Lipinski definition) is 2. The van der Waals surface area contributed by atoms with Crippen LogP contribution in [0.5, 0.6) is 0 Å². The molecule has 16 heavy (non-hydrogen) atoms. The zero-order chi connectivity index (χ0) is 11.4. The van der Waals surface area contributed by atoms with Gasteiger partial charge in [-0.05, 0) is 52.7 Å². The van der Waals surface area contributed by atoms with Crippen LogP contribution in [0, 0.1) is 5.92 Å². The summed E-state index contributed by atoms with van der Waals surface area (Å²) >= 11 is 11.7. The van der Waals surface area contributed by atoms with Gasteiger partial charge in [0, 0.05) is 21.3 Å². The highest BCUT2D eigenvalue weighted by atomic mass is 79.9. The summed E-state index contributed by atoms with van der Waals surface area (Å²) in [6.07, 6.45) is 5.13. The van der Waals surface area contributed by atoms with Crippen LogP contribution in [0.1, 0.15) is 30.6 Å². The van der Waals surface area contributed by atoms with Crippen molar-refractivity contribution in [2.45, 2.75) is 37.6 Å². The third kappa shape index (κ3) is 3.46. The number of alkyl halides is 1. The SMILES string of the molecule is ClC1CCCCC1CNCc1sccc1Br. The zero-order valence-electron chi connectivity index (χ0n) is 9.22. The van der Waals surface area contributed by atoms with Crippen LogP contribution in [0.4, 0.5) is 0 Å². The molecule has 0 saturated heterocycles. The van der Waals surface area contributed by atoms with Gasteiger partial charge < -0.3 is 5.32 Å². The Bertz CT molecular complexity index is 329. The van der Waals surface area contributed by atoms with Gasteiger partial charge in [-0.2, -0.15) is 0 Å². The Balaban J connectivity index is 1.73. The lowest BCUT2D eigenvalue weighted by atomic mass is 9.89. The van der Waals surface area contributed by atoms with Crippen LogP contribution in [0.15, 0.2) is 15.9 Å². The van der Waals surface area contributed by atoms with Crippen LogP contribution in [0.25, 0.3) is 0 Å². The average Bonchev–Trinajstić information content (AvgIpc) is 2.67. The van der Waals surface area contributed by atoms with Gasteiger partial charge in [0.25, 0.3) is 0 Å². The van der Waals surface area contributed by atoms with Crippen molar-refractivity contribution in [2.75, 3.05) is 6.54 Å². The second-order valence-electron chi connectivity index (χ2n) is 4.38. The van der Waals surface area contributed by atoms with Crippen molar-refractivity contribution >= 4 is 38.9 Å². The highest BCUT2D eigenvalue weighted by Gasteiger charge is 2.22. The summed E-state index contributed by atoms with van der Waals surface area (Å²) in [6, 6.07) is 2.10. The van der Waals surface area contributed by atoms with E-state index in [9.17, 15) is 0 Å². The first kappa shape index (κ1) is 12.9. The van der Waals surface area contributed by atoms with E-state index in [2.05, 4.69) is 32.7 Å². The van der Waals surface area contributed by atoms with Crippen LogP contribution in [-0.4, -0.2) is 11.9 Å². The maximum Gasteiger partial charge on any atom is 0.0376 e. The lowest BCUT2D eigenvalue weighted by Crippen LogP contribution is -2.30. The van der Waals surface area contributed by atoms with Gasteiger partial charge in [-0.3, -0.25) is 0 Å². The molecule has 1 nitrogen and oxygen atoms in total. The summed E-state index contributed by atoms with van der Waals surface area (Å²) < 4.78 is 1.22. The summed E-state index contributed by atoms with van der Waals surface area (Å²) in [5, 5.41) is 6.02. The Morgan fingerprint density at radius 1 is 1.44 bits per heavy atom. The molecule has 0 spiro atoms. The van der Waals surface area contributed by atoms with E-state index >= 15 is 0 Å². The van der Waals surface area contributed by atoms with Crippen molar-refractivity contribution in [3.63, 3.8) is 0 Å². The normalized spacial score (nSPS) is 25.9. The Morgan fingerprint density at radius 2 is 2.25 bits per heavy atom. The van der Waals surface area contributed by atoms with Gasteiger partial charge >= 0.3 is 0 Å². The Kier molecular flexibility index (Phi) is 5.14. The van der Waals surface area contributed by atoms with Crippen molar-refractivity contribution < 1.29 is 0 Å². The molecule has 1 N–H and O–H groups in total. The van der Waals surface area contributed by atoms with E-state index < -0.39 is 0 Å². The predicted molar refractivity (Wildman–Crippen MR) is 75.3 cm³/mol. The second kappa shape index (κ2) is 6.39. The highest BCUT2D eigenvalue weighted by molar-refractivity contribution is 9.10. The Hall–Kier alpha value is 0.430. The minimum atomic E-state index is 0.382. The minimum absolute atomic E-state index is 0.382. The molecule has 1 heterocycles. The van der Waals surface area contributed by atoms with Gasteiger partial charge in [-0.25, -0.2) is 0 Å². The number of halogens is 2. The summed E-state index contributed by atoms with van der Waals surface area (Å²) in [5.41, 5.74) is 0. The number of hydrogen-bond donors (Lipinski definition) is 1. The molecule has 4 heteroatoms. The average molecular weight is 323 g/mol. The molecule has 2 unspecified atom stereocenters. The summed E-state index contributed by atoms with van der Waals surface area (Å²) in [7, 11) is 0. The van der Waals surface area contributed by atoms with Crippen molar-refractivity contribution in [1.82, 2.24) is 5.32 Å². The molecule has 0 aromatic carbocycles. The summed E-state index contributed by atoms with van der Waals surface area (Å²) in [5.74, 6) is 0.661. The third-order valence-corrected chi connectivity index (χ3v) is 5.70. The van der Waals surface area contributed by atoms with Crippen molar-refractivity contribution in [1.29, 1.82) is 0 Å². The van der Waals surface area contributed by atoms with E-state index in [-0.39, 0.29) is 0 Å². The fraction of sp³-hybridized carbons (Fsp3) is 0.667. The molecule has 2 atom stereocenters. The Morgan fingerprint density at radius 3 is 2.94 bits per heavy atom. The van der Waals surface area contributed by atoms with Gasteiger partial charge in [0.05, 0.1) is 0 Å². The molecular weight excluding hydrogens is 306 g/mol. The van der Waals surface area contributed by atoms with Crippen LogP contribution in [0.3, 0.4) is 0 Å². The summed E-state index contributed by atoms with van der Waals surface area (Å²) in [4.78, 5) is 1.38. The number of thiophene rings is 1. The van der Waals surface area contributed by atoms with E-state index in [0.29, 0.717) is 11.3 Å². The molecule has 1 aromatic rings. The molecule has 1 fully saturated rings. The van der Waals surface area contributed by atoms with Gasteiger partial charge in [0.15, 0.2) is 0 Å². The third-order valence-electron chi connectivity index (χ3n) is 3.20. The molecule has 0 bridgehead atoms. The molecule has 1 saturated carbocycles. The molecule has 2 rings (SSSR count). The molecular formula is C12H17BrClNS. The van der Waals surface area contributed by atoms with Crippen molar-refractivity contribution in [2.24, 2.45) is 5.92 Å². The molecule has 1 aromatic heterocycles. The smallest absolute Gasteiger partial charge is 0.0376 e. The molecule has 0 radical (unpaired) electrons. The standard InChI is InChI=1S/C12H17BrClNS/c13-10-5-6-16-12(10)8-15-7-9-3-1-2-4-11(9)14/h5-6,9,11,15H,1-4,7-8H2. The van der Waals surface area contributed by atoms with E-state index in [0.717, 1.165) is 13.1 Å². The quantitative estimate of drug-likeness (QED) is 0.810. The largest absolute Gasteiger partial charge is 0.311 e. The van der Waals surface area contributed by atoms with Crippen LogP contribution in [0.2, 0.25) is 0 Å². The number of rotatable bonds is 4. The first-order valence-electron chi connectivity index (χ1n) is 5.84. The van der Waals surface area contributed by atoms with E-state index in [1.54, 1.807) is 11.3 Å². The maximum absolute atomic E-state index is 6.33. The predicted octanol–water partition coefficient (Wildman–Crippen LogP) is 4.40.